The third kappa shape index (κ3) is 2.94. The molecule has 1 aliphatic carbocycles. The summed E-state index contributed by atoms with van der Waals surface area (Å²) in [5.74, 6) is -0.0536. The van der Waals surface area contributed by atoms with E-state index in [4.69, 9.17) is 5.73 Å². The number of aromatic nitrogens is 1. The maximum absolute atomic E-state index is 13.0. The molecule has 0 aliphatic heterocycles. The Bertz CT molecular complexity index is 681. The van der Waals surface area contributed by atoms with E-state index < -0.39 is 11.7 Å². The minimum Gasteiger partial charge on any atom is -0.375 e. The van der Waals surface area contributed by atoms with E-state index in [1.165, 1.54) is 17.4 Å². The van der Waals surface area contributed by atoms with Crippen LogP contribution in [0.1, 0.15) is 40.5 Å². The maximum atomic E-state index is 13.0. The van der Waals surface area contributed by atoms with Gasteiger partial charge in [0.1, 0.15) is 0 Å². The maximum Gasteiger partial charge on any atom is 0.416 e. The van der Waals surface area contributed by atoms with Gasteiger partial charge in [0.15, 0.2) is 5.13 Å². The summed E-state index contributed by atoms with van der Waals surface area (Å²) in [4.78, 5) is 5.29. The van der Waals surface area contributed by atoms with Crippen molar-refractivity contribution in [2.75, 3.05) is 5.73 Å². The van der Waals surface area contributed by atoms with Crippen LogP contribution in [0.3, 0.4) is 0 Å². The lowest BCUT2D eigenvalue weighted by Crippen LogP contribution is -2.11. The van der Waals surface area contributed by atoms with Crippen LogP contribution in [-0.2, 0) is 12.6 Å². The van der Waals surface area contributed by atoms with Crippen molar-refractivity contribution in [1.82, 2.24) is 4.98 Å². The molecule has 1 aromatic heterocycles. The number of nitrogen functional groups attached to an aromatic ring is 1. The predicted molar refractivity (Wildman–Crippen MR) is 80.5 cm³/mol. The second kappa shape index (κ2) is 5.28. The van der Waals surface area contributed by atoms with Gasteiger partial charge in [0.2, 0.25) is 0 Å². The summed E-state index contributed by atoms with van der Waals surface area (Å²) in [5, 5.41) is 0.484. The van der Waals surface area contributed by atoms with Gasteiger partial charge in [-0.3, -0.25) is 0 Å². The van der Waals surface area contributed by atoms with E-state index >= 15 is 0 Å². The molecule has 1 atom stereocenters. The monoisotopic (exact) mass is 376 g/mol. The number of halogens is 4. The Balaban J connectivity index is 2.07. The van der Waals surface area contributed by atoms with E-state index in [9.17, 15) is 13.2 Å². The van der Waals surface area contributed by atoms with Crippen molar-refractivity contribution in [2.24, 2.45) is 0 Å². The first-order valence-electron chi connectivity index (χ1n) is 6.47. The van der Waals surface area contributed by atoms with Crippen LogP contribution >= 0.6 is 27.3 Å². The van der Waals surface area contributed by atoms with E-state index in [1.807, 2.05) is 0 Å². The lowest BCUT2D eigenvalue weighted by atomic mass is 9.85. The average Bonchev–Trinajstić information content (AvgIpc) is 2.76. The van der Waals surface area contributed by atoms with Gasteiger partial charge in [0.05, 0.1) is 11.3 Å². The van der Waals surface area contributed by atoms with Gasteiger partial charge in [-0.05, 0) is 43.0 Å². The van der Waals surface area contributed by atoms with Gasteiger partial charge in [-0.15, -0.1) is 11.3 Å². The first kappa shape index (κ1) is 14.8. The molecule has 2 aromatic rings. The summed E-state index contributed by atoms with van der Waals surface area (Å²) in [5.41, 5.74) is 6.72. The molecule has 0 saturated heterocycles. The third-order valence-corrected chi connectivity index (χ3v) is 5.12. The van der Waals surface area contributed by atoms with Crippen LogP contribution in [0.4, 0.5) is 18.3 Å². The van der Waals surface area contributed by atoms with E-state index in [1.54, 1.807) is 6.07 Å². The van der Waals surface area contributed by atoms with Crippen LogP contribution in [0.25, 0.3) is 0 Å². The van der Waals surface area contributed by atoms with Gasteiger partial charge < -0.3 is 5.73 Å². The zero-order valence-corrected chi connectivity index (χ0v) is 13.3. The highest BCUT2D eigenvalue weighted by atomic mass is 79.9. The lowest BCUT2D eigenvalue weighted by molar-refractivity contribution is -0.137. The fourth-order valence-corrected chi connectivity index (χ4v) is 4.29. The van der Waals surface area contributed by atoms with Gasteiger partial charge in [0, 0.05) is 15.3 Å². The average molecular weight is 377 g/mol. The molecular formula is C14H12BrF3N2S. The largest absolute Gasteiger partial charge is 0.416 e. The summed E-state index contributed by atoms with van der Waals surface area (Å²) in [6.45, 7) is 0. The molecule has 3 rings (SSSR count). The number of rotatable bonds is 1. The molecule has 0 radical (unpaired) electrons. The fraction of sp³-hybridized carbons (Fsp3) is 0.357. The van der Waals surface area contributed by atoms with Crippen molar-refractivity contribution in [3.63, 3.8) is 0 Å². The number of aryl methyl sites for hydroxylation is 1. The number of nitrogens with zero attached hydrogens (tertiary/aromatic N) is 1. The minimum atomic E-state index is -4.34. The number of alkyl halides is 3. The quantitative estimate of drug-likeness (QED) is 0.762. The highest BCUT2D eigenvalue weighted by Gasteiger charge is 2.33. The van der Waals surface area contributed by atoms with Gasteiger partial charge >= 0.3 is 6.18 Å². The zero-order valence-electron chi connectivity index (χ0n) is 10.9. The van der Waals surface area contributed by atoms with Crippen molar-refractivity contribution >= 4 is 32.4 Å². The molecule has 1 aliphatic rings. The van der Waals surface area contributed by atoms with Crippen molar-refractivity contribution in [2.45, 2.75) is 31.4 Å². The molecule has 0 amide bonds. The van der Waals surface area contributed by atoms with E-state index in [-0.39, 0.29) is 5.92 Å². The molecule has 1 heterocycles. The second-order valence-electron chi connectivity index (χ2n) is 5.08. The van der Waals surface area contributed by atoms with Crippen molar-refractivity contribution < 1.29 is 13.2 Å². The molecule has 0 saturated carbocycles. The molecular weight excluding hydrogens is 365 g/mol. The number of nitrogens with two attached hydrogens (primary N) is 1. The van der Waals surface area contributed by atoms with Gasteiger partial charge in [-0.2, -0.15) is 13.2 Å². The summed E-state index contributed by atoms with van der Waals surface area (Å²) in [6.07, 6.45) is -1.76. The predicted octanol–water partition coefficient (Wildman–Crippen LogP) is 4.97. The van der Waals surface area contributed by atoms with Crippen molar-refractivity contribution in [1.29, 1.82) is 0 Å². The number of hydrogen-bond donors (Lipinski definition) is 1. The van der Waals surface area contributed by atoms with Crippen LogP contribution in [0, 0.1) is 0 Å². The minimum absolute atomic E-state index is 0.0536. The van der Waals surface area contributed by atoms with E-state index in [2.05, 4.69) is 20.9 Å². The standard InChI is InChI=1S/C14H12BrF3N2S/c15-9-5-7(4-8(6-9)14(16,17)18)10-2-1-3-11-12(10)21-13(19)20-11/h4-6,10H,1-3H2,(H2,19,20). The van der Waals surface area contributed by atoms with Crippen molar-refractivity contribution in [3.05, 3.63) is 44.4 Å². The summed E-state index contributed by atoms with van der Waals surface area (Å²) in [7, 11) is 0. The molecule has 0 bridgehead atoms. The Hall–Kier alpha value is -1.08. The van der Waals surface area contributed by atoms with Crippen LogP contribution < -0.4 is 5.73 Å². The SMILES string of the molecule is Nc1nc2c(s1)C(c1cc(Br)cc(C(F)(F)F)c1)CCC2. The fourth-order valence-electron chi connectivity index (χ4n) is 2.73. The third-order valence-electron chi connectivity index (χ3n) is 3.62. The first-order valence-corrected chi connectivity index (χ1v) is 8.08. The molecule has 1 aromatic carbocycles. The van der Waals surface area contributed by atoms with Crippen LogP contribution in [0.15, 0.2) is 22.7 Å². The molecule has 21 heavy (non-hydrogen) atoms. The summed E-state index contributed by atoms with van der Waals surface area (Å²) < 4.78 is 39.3. The Morgan fingerprint density at radius 3 is 2.76 bits per heavy atom. The number of hydrogen-bond acceptors (Lipinski definition) is 3. The van der Waals surface area contributed by atoms with E-state index in [0.29, 0.717) is 15.2 Å². The van der Waals surface area contributed by atoms with Gasteiger partial charge in [0.25, 0.3) is 0 Å². The Labute approximate surface area is 132 Å². The molecule has 0 fully saturated rings. The highest BCUT2D eigenvalue weighted by Crippen LogP contribution is 2.43. The Morgan fingerprint density at radius 1 is 1.29 bits per heavy atom. The Kier molecular flexibility index (Phi) is 3.73. The van der Waals surface area contributed by atoms with Crippen LogP contribution in [-0.4, -0.2) is 4.98 Å². The molecule has 2 N–H and O–H groups in total. The molecule has 7 heteroatoms. The highest BCUT2D eigenvalue weighted by molar-refractivity contribution is 9.10. The summed E-state index contributed by atoms with van der Waals surface area (Å²) >= 11 is 4.56. The van der Waals surface area contributed by atoms with E-state index in [0.717, 1.165) is 35.9 Å². The first-order chi connectivity index (χ1) is 9.84. The van der Waals surface area contributed by atoms with Crippen LogP contribution in [0.2, 0.25) is 0 Å². The van der Waals surface area contributed by atoms with Gasteiger partial charge in [-0.1, -0.05) is 15.9 Å². The molecule has 1 unspecified atom stereocenters. The Morgan fingerprint density at radius 2 is 2.05 bits per heavy atom. The number of thiazole rings is 1. The lowest BCUT2D eigenvalue weighted by Gasteiger charge is -2.22. The number of fused-ring (bicyclic) bond motifs is 1. The molecule has 2 nitrogen and oxygen atoms in total. The van der Waals surface area contributed by atoms with Crippen molar-refractivity contribution in [3.8, 4) is 0 Å². The molecule has 0 spiro atoms. The summed E-state index contributed by atoms with van der Waals surface area (Å²) in [6, 6.07) is 4.10. The zero-order chi connectivity index (χ0) is 15.2. The number of anilines is 1. The smallest absolute Gasteiger partial charge is 0.375 e. The van der Waals surface area contributed by atoms with Gasteiger partial charge in [-0.25, -0.2) is 4.98 Å². The molecule has 112 valence electrons. The second-order valence-corrected chi connectivity index (χ2v) is 7.06. The normalized spacial score (nSPS) is 18.6. The number of benzene rings is 1. The van der Waals surface area contributed by atoms with Crippen LogP contribution in [0.5, 0.6) is 0 Å². The topological polar surface area (TPSA) is 38.9 Å².